The number of rotatable bonds is 5. The third-order valence-corrected chi connectivity index (χ3v) is 3.29. The quantitative estimate of drug-likeness (QED) is 0.855. The lowest BCUT2D eigenvalue weighted by atomic mass is 10.1. The highest BCUT2D eigenvalue weighted by molar-refractivity contribution is 5.86. The number of furan rings is 1. The van der Waals surface area contributed by atoms with Crippen molar-refractivity contribution in [3.63, 3.8) is 0 Å². The van der Waals surface area contributed by atoms with Crippen LogP contribution in [0, 0.1) is 5.82 Å². The maximum atomic E-state index is 13.2. The molecule has 0 aliphatic rings. The van der Waals surface area contributed by atoms with Crippen molar-refractivity contribution >= 4 is 5.97 Å². The largest absolute Gasteiger partial charge is 0.463 e. The second-order valence-electron chi connectivity index (χ2n) is 4.86. The van der Waals surface area contributed by atoms with Crippen molar-refractivity contribution in [2.75, 3.05) is 7.11 Å². The average molecular weight is 291 g/mol. The zero-order chi connectivity index (χ0) is 15.4. The molecule has 2 rings (SSSR count). The van der Waals surface area contributed by atoms with E-state index in [0.717, 1.165) is 5.56 Å². The van der Waals surface area contributed by atoms with E-state index in [0.29, 0.717) is 5.76 Å². The van der Waals surface area contributed by atoms with E-state index in [9.17, 15) is 9.18 Å². The van der Waals surface area contributed by atoms with Gasteiger partial charge in [0.25, 0.3) is 0 Å². The number of halogens is 1. The lowest BCUT2D eigenvalue weighted by Gasteiger charge is -2.19. The van der Waals surface area contributed by atoms with Gasteiger partial charge in [0.2, 0.25) is 5.76 Å². The number of nitrogens with one attached hydrogen (secondary N) is 1. The van der Waals surface area contributed by atoms with Gasteiger partial charge in [-0.3, -0.25) is 0 Å². The first kappa shape index (κ1) is 15.3. The fraction of sp³-hybridized carbons (Fsp3) is 0.312. The zero-order valence-corrected chi connectivity index (χ0v) is 12.2. The van der Waals surface area contributed by atoms with Crippen molar-refractivity contribution < 1.29 is 18.3 Å². The van der Waals surface area contributed by atoms with Crippen LogP contribution in [0.2, 0.25) is 0 Å². The Morgan fingerprint density at radius 2 is 2.00 bits per heavy atom. The number of methoxy groups -OCH3 is 1. The van der Waals surface area contributed by atoms with Gasteiger partial charge < -0.3 is 14.5 Å². The van der Waals surface area contributed by atoms with Crippen molar-refractivity contribution in [3.05, 3.63) is 59.3 Å². The number of ether oxygens (including phenoxy) is 1. The van der Waals surface area contributed by atoms with Crippen LogP contribution in [0.1, 0.15) is 47.8 Å². The standard InChI is InChI=1S/C16H18FNO3/c1-10(12-5-4-6-13(17)9-12)18-11(2)14-7-8-15(21-14)16(19)20-3/h4-11,18H,1-3H3/t10-,11?/m0/s1. The molecule has 0 amide bonds. The molecular formula is C16H18FNO3. The van der Waals surface area contributed by atoms with Crippen LogP contribution in [0.15, 0.2) is 40.8 Å². The van der Waals surface area contributed by atoms with Crippen LogP contribution in [-0.4, -0.2) is 13.1 Å². The molecule has 0 spiro atoms. The van der Waals surface area contributed by atoms with Gasteiger partial charge in [0.05, 0.1) is 13.2 Å². The van der Waals surface area contributed by atoms with E-state index in [1.54, 1.807) is 18.2 Å². The van der Waals surface area contributed by atoms with Gasteiger partial charge in [-0.1, -0.05) is 12.1 Å². The molecule has 112 valence electrons. The summed E-state index contributed by atoms with van der Waals surface area (Å²) in [4.78, 5) is 11.4. The van der Waals surface area contributed by atoms with Crippen molar-refractivity contribution in [3.8, 4) is 0 Å². The van der Waals surface area contributed by atoms with Gasteiger partial charge in [-0.25, -0.2) is 9.18 Å². The molecule has 1 N–H and O–H groups in total. The SMILES string of the molecule is COC(=O)c1ccc(C(C)N[C@@H](C)c2cccc(F)c2)o1. The van der Waals surface area contributed by atoms with Gasteiger partial charge >= 0.3 is 5.97 Å². The molecule has 1 aromatic heterocycles. The number of carbonyl (C=O) groups is 1. The Hall–Kier alpha value is -2.14. The van der Waals surface area contributed by atoms with Gasteiger partial charge in [0.1, 0.15) is 11.6 Å². The third-order valence-electron chi connectivity index (χ3n) is 3.29. The van der Waals surface area contributed by atoms with Crippen LogP contribution in [0.3, 0.4) is 0 Å². The molecule has 0 saturated carbocycles. The molecule has 0 radical (unpaired) electrons. The number of esters is 1. The molecular weight excluding hydrogens is 273 g/mol. The van der Waals surface area contributed by atoms with E-state index in [1.165, 1.54) is 19.2 Å². The number of benzene rings is 1. The minimum atomic E-state index is -0.508. The predicted molar refractivity (Wildman–Crippen MR) is 76.4 cm³/mol. The van der Waals surface area contributed by atoms with Gasteiger partial charge in [-0.2, -0.15) is 0 Å². The number of carbonyl (C=O) groups excluding carboxylic acids is 1. The highest BCUT2D eigenvalue weighted by Crippen LogP contribution is 2.22. The predicted octanol–water partition coefficient (Wildman–Crippen LogP) is 3.62. The lowest BCUT2D eigenvalue weighted by Crippen LogP contribution is -2.22. The van der Waals surface area contributed by atoms with Gasteiger partial charge in [0.15, 0.2) is 0 Å². The molecule has 1 aromatic carbocycles. The number of hydrogen-bond donors (Lipinski definition) is 1. The summed E-state index contributed by atoms with van der Waals surface area (Å²) < 4.78 is 23.3. The zero-order valence-electron chi connectivity index (χ0n) is 12.2. The fourth-order valence-corrected chi connectivity index (χ4v) is 2.13. The smallest absolute Gasteiger partial charge is 0.373 e. The van der Waals surface area contributed by atoms with Crippen molar-refractivity contribution in [2.45, 2.75) is 25.9 Å². The Bertz CT molecular complexity index is 623. The Morgan fingerprint density at radius 1 is 1.24 bits per heavy atom. The second-order valence-corrected chi connectivity index (χ2v) is 4.86. The summed E-state index contributed by atoms with van der Waals surface area (Å²) in [5, 5.41) is 3.30. The summed E-state index contributed by atoms with van der Waals surface area (Å²) in [5.41, 5.74) is 0.849. The molecule has 1 heterocycles. The fourth-order valence-electron chi connectivity index (χ4n) is 2.13. The lowest BCUT2D eigenvalue weighted by molar-refractivity contribution is 0.0562. The molecule has 2 atom stereocenters. The van der Waals surface area contributed by atoms with E-state index in [1.807, 2.05) is 19.9 Å². The Labute approximate surface area is 122 Å². The molecule has 0 bridgehead atoms. The van der Waals surface area contributed by atoms with Crippen LogP contribution in [0.5, 0.6) is 0 Å². The molecule has 0 aliphatic carbocycles. The molecule has 0 saturated heterocycles. The first-order chi connectivity index (χ1) is 10.0. The van der Waals surface area contributed by atoms with E-state index in [2.05, 4.69) is 10.1 Å². The van der Waals surface area contributed by atoms with Crippen molar-refractivity contribution in [1.29, 1.82) is 0 Å². The highest BCUT2D eigenvalue weighted by atomic mass is 19.1. The summed E-state index contributed by atoms with van der Waals surface area (Å²) in [7, 11) is 1.30. The van der Waals surface area contributed by atoms with Crippen LogP contribution in [-0.2, 0) is 4.74 Å². The van der Waals surface area contributed by atoms with Gasteiger partial charge in [0, 0.05) is 6.04 Å². The minimum absolute atomic E-state index is 0.0534. The monoisotopic (exact) mass is 291 g/mol. The first-order valence-electron chi connectivity index (χ1n) is 6.71. The van der Waals surface area contributed by atoms with Crippen LogP contribution >= 0.6 is 0 Å². The molecule has 1 unspecified atom stereocenters. The van der Waals surface area contributed by atoms with E-state index < -0.39 is 5.97 Å². The average Bonchev–Trinajstić information content (AvgIpc) is 2.96. The maximum Gasteiger partial charge on any atom is 0.373 e. The van der Waals surface area contributed by atoms with Crippen LogP contribution in [0.4, 0.5) is 4.39 Å². The maximum absolute atomic E-state index is 13.2. The van der Waals surface area contributed by atoms with Crippen LogP contribution < -0.4 is 5.32 Å². The van der Waals surface area contributed by atoms with E-state index in [4.69, 9.17) is 4.42 Å². The Kier molecular flexibility index (Phi) is 4.75. The summed E-state index contributed by atoms with van der Waals surface area (Å²) in [6.07, 6.45) is 0. The topological polar surface area (TPSA) is 51.5 Å². The molecule has 5 heteroatoms. The van der Waals surface area contributed by atoms with Crippen LogP contribution in [0.25, 0.3) is 0 Å². The molecule has 21 heavy (non-hydrogen) atoms. The second kappa shape index (κ2) is 6.54. The summed E-state index contributed by atoms with van der Waals surface area (Å²) in [6.45, 7) is 3.85. The van der Waals surface area contributed by atoms with E-state index in [-0.39, 0.29) is 23.7 Å². The van der Waals surface area contributed by atoms with E-state index >= 15 is 0 Å². The van der Waals surface area contributed by atoms with Crippen molar-refractivity contribution in [2.24, 2.45) is 0 Å². The molecule has 4 nitrogen and oxygen atoms in total. The summed E-state index contributed by atoms with van der Waals surface area (Å²) in [6, 6.07) is 9.56. The van der Waals surface area contributed by atoms with Gasteiger partial charge in [-0.05, 0) is 43.7 Å². The highest BCUT2D eigenvalue weighted by Gasteiger charge is 2.17. The minimum Gasteiger partial charge on any atom is -0.463 e. The van der Waals surface area contributed by atoms with Crippen molar-refractivity contribution in [1.82, 2.24) is 5.32 Å². The molecule has 2 aromatic rings. The first-order valence-corrected chi connectivity index (χ1v) is 6.71. The Balaban J connectivity index is 2.05. The molecule has 0 aliphatic heterocycles. The Morgan fingerprint density at radius 3 is 2.67 bits per heavy atom. The summed E-state index contributed by atoms with van der Waals surface area (Å²) >= 11 is 0. The third kappa shape index (κ3) is 3.70. The number of hydrogen-bond acceptors (Lipinski definition) is 4. The molecule has 0 fully saturated rings. The van der Waals surface area contributed by atoms with Gasteiger partial charge in [-0.15, -0.1) is 0 Å². The summed E-state index contributed by atoms with van der Waals surface area (Å²) in [5.74, 6) is 0.0182. The normalized spacial score (nSPS) is 13.7.